The van der Waals surface area contributed by atoms with E-state index >= 15 is 0 Å². The number of hydrogen-bond acceptors (Lipinski definition) is 5. The van der Waals surface area contributed by atoms with Gasteiger partial charge in [0.1, 0.15) is 0 Å². The molecule has 1 unspecified atom stereocenters. The standard InChI is InChI=1S/C17H18F3N3O2S.ClH/c18-17(19,20)12-3-1-2-11(8-12)13-9-26-16(22-13)23-15(24)14(21)10-4-6-25-7-5-10;/h1-3,8-10,14H,4-7,21H2,(H,22,23,24);1H. The van der Waals surface area contributed by atoms with Gasteiger partial charge in [0, 0.05) is 24.2 Å². The molecule has 2 aromatic rings. The number of alkyl halides is 3. The van der Waals surface area contributed by atoms with Crippen molar-refractivity contribution in [2.45, 2.75) is 25.1 Å². The number of halogens is 4. The van der Waals surface area contributed by atoms with Gasteiger partial charge in [0.05, 0.1) is 17.3 Å². The minimum absolute atomic E-state index is 0. The number of carbonyl (C=O) groups excluding carboxylic acids is 1. The number of amides is 1. The molecule has 1 fully saturated rings. The summed E-state index contributed by atoms with van der Waals surface area (Å²) in [6.07, 6.45) is -2.97. The Balaban J connectivity index is 0.00000261. The number of carbonyl (C=O) groups is 1. The lowest BCUT2D eigenvalue weighted by Gasteiger charge is -2.26. The maximum absolute atomic E-state index is 12.8. The fourth-order valence-electron chi connectivity index (χ4n) is 2.80. The topological polar surface area (TPSA) is 77.2 Å². The molecule has 3 N–H and O–H groups in total. The van der Waals surface area contributed by atoms with Gasteiger partial charge in [0.25, 0.3) is 0 Å². The van der Waals surface area contributed by atoms with Crippen LogP contribution in [0, 0.1) is 5.92 Å². The fourth-order valence-corrected chi connectivity index (χ4v) is 3.52. The first-order chi connectivity index (χ1) is 12.3. The quantitative estimate of drug-likeness (QED) is 0.783. The molecule has 2 heterocycles. The summed E-state index contributed by atoms with van der Waals surface area (Å²) in [5.74, 6) is -0.298. The zero-order valence-electron chi connectivity index (χ0n) is 14.2. The number of thiazole rings is 1. The Bertz CT molecular complexity index is 779. The number of rotatable bonds is 4. The monoisotopic (exact) mass is 421 g/mol. The Morgan fingerprint density at radius 2 is 2.04 bits per heavy atom. The lowest BCUT2D eigenvalue weighted by molar-refractivity contribution is -0.137. The van der Waals surface area contributed by atoms with Crippen LogP contribution in [0.4, 0.5) is 18.3 Å². The molecule has 1 aromatic carbocycles. The zero-order valence-corrected chi connectivity index (χ0v) is 15.8. The predicted molar refractivity (Wildman–Crippen MR) is 99.9 cm³/mol. The SMILES string of the molecule is Cl.NC(C(=O)Nc1nc(-c2cccc(C(F)(F)F)c2)cs1)C1CCOCC1. The smallest absolute Gasteiger partial charge is 0.381 e. The summed E-state index contributed by atoms with van der Waals surface area (Å²) in [6, 6.07) is 4.25. The van der Waals surface area contributed by atoms with Gasteiger partial charge in [-0.2, -0.15) is 13.2 Å². The second kappa shape index (κ2) is 9.01. The number of anilines is 1. The van der Waals surface area contributed by atoms with Crippen LogP contribution in [0.1, 0.15) is 18.4 Å². The molecule has 0 bridgehead atoms. The van der Waals surface area contributed by atoms with Crippen molar-refractivity contribution in [1.82, 2.24) is 4.98 Å². The van der Waals surface area contributed by atoms with E-state index in [9.17, 15) is 18.0 Å². The highest BCUT2D eigenvalue weighted by Crippen LogP contribution is 2.33. The Kier molecular flexibility index (Phi) is 7.21. The highest BCUT2D eigenvalue weighted by molar-refractivity contribution is 7.14. The van der Waals surface area contributed by atoms with Crippen LogP contribution in [0.25, 0.3) is 11.3 Å². The summed E-state index contributed by atoms with van der Waals surface area (Å²) in [6.45, 7) is 1.17. The van der Waals surface area contributed by atoms with Crippen LogP contribution >= 0.6 is 23.7 Å². The van der Waals surface area contributed by atoms with Gasteiger partial charge >= 0.3 is 6.18 Å². The number of nitrogens with zero attached hydrogens (tertiary/aromatic N) is 1. The molecule has 0 aliphatic carbocycles. The summed E-state index contributed by atoms with van der Waals surface area (Å²) < 4.78 is 43.7. The van der Waals surface area contributed by atoms with Crippen molar-refractivity contribution in [1.29, 1.82) is 0 Å². The molecule has 1 aromatic heterocycles. The second-order valence-corrected chi connectivity index (χ2v) is 6.94. The molecule has 148 valence electrons. The number of aromatic nitrogens is 1. The van der Waals surface area contributed by atoms with Crippen LogP contribution in [0.2, 0.25) is 0 Å². The lowest BCUT2D eigenvalue weighted by Crippen LogP contribution is -2.43. The van der Waals surface area contributed by atoms with Crippen molar-refractivity contribution >= 4 is 34.8 Å². The van der Waals surface area contributed by atoms with E-state index in [2.05, 4.69) is 10.3 Å². The summed E-state index contributed by atoms with van der Waals surface area (Å²) in [7, 11) is 0. The highest BCUT2D eigenvalue weighted by atomic mass is 35.5. The molecular weight excluding hydrogens is 403 g/mol. The largest absolute Gasteiger partial charge is 0.416 e. The lowest BCUT2D eigenvalue weighted by atomic mass is 9.92. The number of hydrogen-bond donors (Lipinski definition) is 2. The molecule has 27 heavy (non-hydrogen) atoms. The van der Waals surface area contributed by atoms with Gasteiger partial charge in [-0.15, -0.1) is 23.7 Å². The van der Waals surface area contributed by atoms with Crippen LogP contribution < -0.4 is 11.1 Å². The maximum Gasteiger partial charge on any atom is 0.416 e. The Labute approximate surface area is 164 Å². The van der Waals surface area contributed by atoms with Crippen LogP contribution in [0.3, 0.4) is 0 Å². The molecule has 0 spiro atoms. The third-order valence-corrected chi connectivity index (χ3v) is 5.05. The molecule has 1 saturated heterocycles. The molecule has 0 radical (unpaired) electrons. The first-order valence-corrected chi connectivity index (χ1v) is 9.00. The molecule has 5 nitrogen and oxygen atoms in total. The number of nitrogens with two attached hydrogens (primary N) is 1. The Morgan fingerprint density at radius 1 is 1.33 bits per heavy atom. The maximum atomic E-state index is 12.8. The van der Waals surface area contributed by atoms with Crippen molar-refractivity contribution in [3.8, 4) is 11.3 Å². The van der Waals surface area contributed by atoms with Crippen LogP contribution in [0.15, 0.2) is 29.6 Å². The molecular formula is C17H19ClF3N3O2S. The van der Waals surface area contributed by atoms with Crippen molar-refractivity contribution in [2.24, 2.45) is 11.7 Å². The van der Waals surface area contributed by atoms with E-state index in [1.807, 2.05) is 0 Å². The third-order valence-electron chi connectivity index (χ3n) is 4.30. The van der Waals surface area contributed by atoms with E-state index in [0.717, 1.165) is 36.3 Å². The van der Waals surface area contributed by atoms with Crippen LogP contribution in [-0.4, -0.2) is 30.1 Å². The second-order valence-electron chi connectivity index (χ2n) is 6.08. The summed E-state index contributed by atoms with van der Waals surface area (Å²) in [4.78, 5) is 16.5. The predicted octanol–water partition coefficient (Wildman–Crippen LogP) is 3.94. The third kappa shape index (κ3) is 5.41. The van der Waals surface area contributed by atoms with Crippen molar-refractivity contribution in [2.75, 3.05) is 18.5 Å². The summed E-state index contributed by atoms with van der Waals surface area (Å²) in [5.41, 5.74) is 5.98. The van der Waals surface area contributed by atoms with Gasteiger partial charge in [0.15, 0.2) is 5.13 Å². The fraction of sp³-hybridized carbons (Fsp3) is 0.412. The van der Waals surface area contributed by atoms with Gasteiger partial charge in [-0.3, -0.25) is 4.79 Å². The Morgan fingerprint density at radius 3 is 2.70 bits per heavy atom. The van der Waals surface area contributed by atoms with Gasteiger partial charge in [0.2, 0.25) is 5.91 Å². The van der Waals surface area contributed by atoms with Crippen molar-refractivity contribution in [3.63, 3.8) is 0 Å². The highest BCUT2D eigenvalue weighted by Gasteiger charge is 2.31. The molecule has 1 atom stereocenters. The normalized spacial score (nSPS) is 16.4. The Hall–Kier alpha value is -1.68. The van der Waals surface area contributed by atoms with Gasteiger partial charge in [-0.25, -0.2) is 4.98 Å². The number of benzene rings is 1. The molecule has 10 heteroatoms. The van der Waals surface area contributed by atoms with Gasteiger partial charge in [-0.05, 0) is 30.9 Å². The summed E-state index contributed by atoms with van der Waals surface area (Å²) >= 11 is 1.15. The number of ether oxygens (including phenoxy) is 1. The van der Waals surface area contributed by atoms with Crippen LogP contribution in [-0.2, 0) is 15.7 Å². The van der Waals surface area contributed by atoms with E-state index in [-0.39, 0.29) is 24.2 Å². The first-order valence-electron chi connectivity index (χ1n) is 8.12. The van der Waals surface area contributed by atoms with Crippen molar-refractivity contribution in [3.05, 3.63) is 35.2 Å². The molecule has 1 aliphatic heterocycles. The zero-order chi connectivity index (χ0) is 18.7. The van der Waals surface area contributed by atoms with E-state index in [1.165, 1.54) is 6.07 Å². The molecule has 3 rings (SSSR count). The van der Waals surface area contributed by atoms with E-state index in [4.69, 9.17) is 10.5 Å². The van der Waals surface area contributed by atoms with Crippen LogP contribution in [0.5, 0.6) is 0 Å². The number of nitrogens with one attached hydrogen (secondary N) is 1. The average Bonchev–Trinajstić information content (AvgIpc) is 3.09. The average molecular weight is 422 g/mol. The minimum atomic E-state index is -4.42. The molecule has 1 aliphatic rings. The van der Waals surface area contributed by atoms with E-state index in [1.54, 1.807) is 11.4 Å². The molecule has 1 amide bonds. The minimum Gasteiger partial charge on any atom is -0.381 e. The van der Waals surface area contributed by atoms with E-state index in [0.29, 0.717) is 29.6 Å². The van der Waals surface area contributed by atoms with E-state index < -0.39 is 17.8 Å². The van der Waals surface area contributed by atoms with Gasteiger partial charge in [-0.1, -0.05) is 12.1 Å². The van der Waals surface area contributed by atoms with Gasteiger partial charge < -0.3 is 15.8 Å². The first kappa shape index (κ1) is 21.6. The molecule has 0 saturated carbocycles. The summed E-state index contributed by atoms with van der Waals surface area (Å²) in [5, 5.41) is 4.57. The van der Waals surface area contributed by atoms with Crippen molar-refractivity contribution < 1.29 is 22.7 Å².